The van der Waals surface area contributed by atoms with Gasteiger partial charge in [-0.2, -0.15) is 0 Å². The van der Waals surface area contributed by atoms with Gasteiger partial charge in [0.05, 0.1) is 0 Å². The molecule has 3 rings (SSSR count). The van der Waals surface area contributed by atoms with Crippen LogP contribution < -0.4 is 0 Å². The minimum absolute atomic E-state index is 0.0400. The Balaban J connectivity index is 0.000000921. The van der Waals surface area contributed by atoms with Crippen LogP contribution in [0.15, 0.2) is 72.3 Å². The zero-order chi connectivity index (χ0) is 21.0. The van der Waals surface area contributed by atoms with Crippen molar-refractivity contribution < 1.29 is 5.11 Å². The maximum Gasteiger partial charge on any atom is 0.115 e. The van der Waals surface area contributed by atoms with E-state index in [1.807, 2.05) is 39.8 Å². The molecule has 0 spiro atoms. The Morgan fingerprint density at radius 1 is 0.893 bits per heavy atom. The van der Waals surface area contributed by atoms with Crippen molar-refractivity contribution >= 4 is 0 Å². The fourth-order valence-electron chi connectivity index (χ4n) is 2.85. The predicted molar refractivity (Wildman–Crippen MR) is 123 cm³/mol. The van der Waals surface area contributed by atoms with Crippen molar-refractivity contribution in [2.24, 2.45) is 0 Å². The van der Waals surface area contributed by atoms with Crippen molar-refractivity contribution in [2.45, 2.75) is 59.8 Å². The van der Waals surface area contributed by atoms with Crippen molar-refractivity contribution in [3.05, 3.63) is 89.0 Å². The largest absolute Gasteiger partial charge is 0.508 e. The second-order valence-electron chi connectivity index (χ2n) is 6.46. The number of aromatic hydroxyl groups is 1. The molecule has 1 nitrogen and oxygen atoms in total. The molecule has 0 amide bonds. The number of allylic oxidation sites excluding steroid dienone is 4. The average Bonchev–Trinajstić information content (AvgIpc) is 2.77. The molecule has 0 bridgehead atoms. The van der Waals surface area contributed by atoms with Crippen molar-refractivity contribution in [2.75, 3.05) is 0 Å². The first kappa shape index (κ1) is 23.3. The summed E-state index contributed by atoms with van der Waals surface area (Å²) in [6.07, 6.45) is 8.47. The van der Waals surface area contributed by atoms with E-state index < -0.39 is 0 Å². The first-order valence-corrected chi connectivity index (χ1v) is 10.4. The van der Waals surface area contributed by atoms with Gasteiger partial charge in [0.1, 0.15) is 5.75 Å². The van der Waals surface area contributed by atoms with E-state index >= 15 is 0 Å². The minimum atomic E-state index is -0.0400. The van der Waals surface area contributed by atoms with Crippen LogP contribution >= 0.6 is 0 Å². The lowest BCUT2D eigenvalue weighted by molar-refractivity contribution is 0.474. The zero-order valence-electron chi connectivity index (χ0n) is 18.2. The lowest BCUT2D eigenvalue weighted by Gasteiger charge is -2.28. The van der Waals surface area contributed by atoms with Gasteiger partial charge in [0, 0.05) is 16.6 Å². The summed E-state index contributed by atoms with van der Waals surface area (Å²) >= 11 is 0. The summed E-state index contributed by atoms with van der Waals surface area (Å²) in [6, 6.07) is 15.9. The van der Waals surface area contributed by atoms with Crippen LogP contribution in [0.25, 0.3) is 0 Å². The van der Waals surface area contributed by atoms with Crippen LogP contribution in [0.4, 0.5) is 0 Å². The van der Waals surface area contributed by atoms with Crippen LogP contribution in [0.1, 0.15) is 64.7 Å². The lowest BCUT2D eigenvalue weighted by atomic mass is 9.76. The monoisotopic (exact) mass is 374 g/mol. The van der Waals surface area contributed by atoms with E-state index in [-0.39, 0.29) is 5.41 Å². The van der Waals surface area contributed by atoms with E-state index in [2.05, 4.69) is 68.2 Å². The molecule has 2 aromatic rings. The van der Waals surface area contributed by atoms with Gasteiger partial charge in [0.15, 0.2) is 0 Å². The van der Waals surface area contributed by atoms with Crippen molar-refractivity contribution in [1.29, 1.82) is 0 Å². The number of benzene rings is 2. The molecule has 0 aromatic heterocycles. The molecular formula is C27H34O. The minimum Gasteiger partial charge on any atom is -0.508 e. The Hall–Kier alpha value is -2.72. The number of phenols is 1. The Morgan fingerprint density at radius 3 is 2.00 bits per heavy atom. The molecule has 1 unspecified atom stereocenters. The molecule has 0 fully saturated rings. The maximum absolute atomic E-state index is 9.44. The number of phenolic OH excluding ortho intramolecular Hbond substituents is 1. The topological polar surface area (TPSA) is 20.2 Å². The van der Waals surface area contributed by atoms with E-state index in [0.29, 0.717) is 5.75 Å². The number of rotatable bonds is 2. The Labute approximate surface area is 171 Å². The van der Waals surface area contributed by atoms with Gasteiger partial charge in [0.25, 0.3) is 0 Å². The van der Waals surface area contributed by atoms with Crippen molar-refractivity contribution in [3.8, 4) is 17.6 Å². The molecule has 1 N–H and O–H groups in total. The van der Waals surface area contributed by atoms with Gasteiger partial charge < -0.3 is 5.11 Å². The normalized spacial score (nSPS) is 17.0. The van der Waals surface area contributed by atoms with Crippen LogP contribution in [0.3, 0.4) is 0 Å². The number of hydrogen-bond acceptors (Lipinski definition) is 1. The predicted octanol–water partition coefficient (Wildman–Crippen LogP) is 7.20. The molecule has 1 aliphatic carbocycles. The van der Waals surface area contributed by atoms with Gasteiger partial charge in [-0.25, -0.2) is 0 Å². The first-order chi connectivity index (χ1) is 13.6. The summed E-state index contributed by atoms with van der Waals surface area (Å²) < 4.78 is 0. The molecule has 148 valence electrons. The van der Waals surface area contributed by atoms with Gasteiger partial charge in [-0.1, -0.05) is 89.8 Å². The maximum atomic E-state index is 9.44. The van der Waals surface area contributed by atoms with Crippen molar-refractivity contribution in [3.63, 3.8) is 0 Å². The molecule has 1 heteroatoms. The number of hydrogen-bond donors (Lipinski definition) is 1. The lowest BCUT2D eigenvalue weighted by Crippen LogP contribution is -2.19. The smallest absolute Gasteiger partial charge is 0.115 e. The fourth-order valence-corrected chi connectivity index (χ4v) is 2.85. The quantitative estimate of drug-likeness (QED) is 0.551. The van der Waals surface area contributed by atoms with Gasteiger partial charge in [-0.3, -0.25) is 0 Å². The van der Waals surface area contributed by atoms with E-state index in [1.54, 1.807) is 12.1 Å². The highest BCUT2D eigenvalue weighted by Gasteiger charge is 2.24. The van der Waals surface area contributed by atoms with Crippen LogP contribution in [0.2, 0.25) is 0 Å². The Kier molecular flexibility index (Phi) is 9.89. The first-order valence-electron chi connectivity index (χ1n) is 10.4. The average molecular weight is 375 g/mol. The van der Waals surface area contributed by atoms with E-state index in [4.69, 9.17) is 0 Å². The van der Waals surface area contributed by atoms with E-state index in [1.165, 1.54) is 11.1 Å². The van der Waals surface area contributed by atoms with Gasteiger partial charge >= 0.3 is 0 Å². The van der Waals surface area contributed by atoms with E-state index in [9.17, 15) is 5.11 Å². The summed E-state index contributed by atoms with van der Waals surface area (Å²) in [7, 11) is 0. The third-order valence-corrected chi connectivity index (χ3v) is 4.62. The zero-order valence-corrected chi connectivity index (χ0v) is 18.2. The highest BCUT2D eigenvalue weighted by Crippen LogP contribution is 2.34. The second-order valence-corrected chi connectivity index (χ2v) is 6.46. The molecule has 0 radical (unpaired) electrons. The molecule has 0 saturated heterocycles. The van der Waals surface area contributed by atoms with Crippen LogP contribution in [-0.2, 0) is 11.8 Å². The third kappa shape index (κ3) is 6.46. The van der Waals surface area contributed by atoms with E-state index in [0.717, 1.165) is 24.0 Å². The standard InChI is InChI=1S/C23H22O.2C2H6/c1-3-18-4-6-19(7-5-18)8-9-20-14-16-23(2,17-15-20)21-10-12-22(24)13-11-21;2*1-2/h4-7,10-16,24H,3,17H2,1-2H3;2*1-2H3. The molecule has 28 heavy (non-hydrogen) atoms. The van der Waals surface area contributed by atoms with Gasteiger partial charge in [0.2, 0.25) is 0 Å². The Bertz CT molecular complexity index is 827. The molecule has 2 aromatic carbocycles. The highest BCUT2D eigenvalue weighted by molar-refractivity contribution is 5.49. The summed E-state index contributed by atoms with van der Waals surface area (Å²) in [5, 5.41) is 9.44. The molecule has 0 saturated carbocycles. The SMILES string of the molecule is CC.CC.CCc1ccc(C#CC2=CCC(C)(c3ccc(O)cc3)C=C2)cc1. The number of aryl methyl sites for hydroxylation is 1. The molecule has 1 aliphatic rings. The Morgan fingerprint density at radius 2 is 1.50 bits per heavy atom. The van der Waals surface area contributed by atoms with Crippen LogP contribution in [-0.4, -0.2) is 5.11 Å². The molecule has 1 atom stereocenters. The molecule has 0 heterocycles. The van der Waals surface area contributed by atoms with Crippen molar-refractivity contribution in [1.82, 2.24) is 0 Å². The molecule has 0 aliphatic heterocycles. The van der Waals surface area contributed by atoms with Crippen LogP contribution in [0.5, 0.6) is 5.75 Å². The summed E-state index contributed by atoms with van der Waals surface area (Å²) in [5.74, 6) is 6.80. The fraction of sp³-hybridized carbons (Fsp3) is 0.333. The summed E-state index contributed by atoms with van der Waals surface area (Å²) in [4.78, 5) is 0. The van der Waals surface area contributed by atoms with Gasteiger partial charge in [-0.05, 0) is 54.3 Å². The third-order valence-electron chi connectivity index (χ3n) is 4.62. The van der Waals surface area contributed by atoms with Crippen LogP contribution in [0, 0.1) is 11.8 Å². The summed E-state index contributed by atoms with van der Waals surface area (Å²) in [5.41, 5.74) is 4.61. The second kappa shape index (κ2) is 11.9. The van der Waals surface area contributed by atoms with Gasteiger partial charge in [-0.15, -0.1) is 0 Å². The summed E-state index contributed by atoms with van der Waals surface area (Å²) in [6.45, 7) is 12.4. The highest BCUT2D eigenvalue weighted by atomic mass is 16.3. The molecular weight excluding hydrogens is 340 g/mol.